The molecule has 1 aromatic carbocycles. The van der Waals surface area contributed by atoms with Gasteiger partial charge in [-0.25, -0.2) is 0 Å². The van der Waals surface area contributed by atoms with E-state index in [1.807, 2.05) is 0 Å². The molecule has 0 fully saturated rings. The van der Waals surface area contributed by atoms with Crippen molar-refractivity contribution in [2.75, 3.05) is 6.61 Å². The van der Waals surface area contributed by atoms with E-state index in [4.69, 9.17) is 9.47 Å². The minimum absolute atomic E-state index is 0.00483. The number of hydrogen-bond donors (Lipinski definition) is 3. The highest BCUT2D eigenvalue weighted by atomic mass is 31.2. The molecule has 0 aliphatic rings. The van der Waals surface area contributed by atoms with Crippen LogP contribution in [0.3, 0.4) is 0 Å². The van der Waals surface area contributed by atoms with Crippen molar-refractivity contribution in [3.63, 3.8) is 0 Å². The molecule has 1 atom stereocenters. The van der Waals surface area contributed by atoms with E-state index >= 15 is 0 Å². The zero-order chi connectivity index (χ0) is 29.4. The summed E-state index contributed by atoms with van der Waals surface area (Å²) in [4.78, 5) is 35.0. The Balaban J connectivity index is 1.89. The largest absolute Gasteiger partial charge is 0.487 e. The number of aromatic nitrogens is 1. The van der Waals surface area contributed by atoms with Gasteiger partial charge in [-0.2, -0.15) is 13.2 Å². The van der Waals surface area contributed by atoms with Crippen molar-refractivity contribution in [2.45, 2.75) is 83.5 Å². The summed E-state index contributed by atoms with van der Waals surface area (Å²) >= 11 is 0. The number of benzene rings is 1. The Morgan fingerprint density at radius 1 is 1.02 bits per heavy atom. The maximum Gasteiger partial charge on any atom is 0.422 e. The van der Waals surface area contributed by atoms with E-state index in [1.165, 1.54) is 43.7 Å². The number of rotatable bonds is 18. The molecule has 0 unspecified atom stereocenters. The van der Waals surface area contributed by atoms with Gasteiger partial charge in [-0.05, 0) is 36.6 Å². The normalized spacial score (nSPS) is 12.8. The molecule has 1 amide bonds. The Morgan fingerprint density at radius 2 is 1.70 bits per heavy atom. The summed E-state index contributed by atoms with van der Waals surface area (Å²) in [7, 11) is -4.39. The highest BCUT2D eigenvalue weighted by Gasteiger charge is 2.28. The van der Waals surface area contributed by atoms with E-state index in [0.717, 1.165) is 37.1 Å². The number of nitrogens with zero attached hydrogens (tertiary/aromatic N) is 1. The van der Waals surface area contributed by atoms with Crippen molar-refractivity contribution in [3.05, 3.63) is 65.7 Å². The molecule has 1 heterocycles. The minimum atomic E-state index is -4.44. The molecule has 3 N–H and O–H groups in total. The van der Waals surface area contributed by atoms with Crippen LogP contribution in [0.2, 0.25) is 0 Å². The lowest BCUT2D eigenvalue weighted by atomic mass is 10.0. The first-order valence-electron chi connectivity index (χ1n) is 13.3. The smallest absolute Gasteiger partial charge is 0.422 e. The fourth-order valence-electron chi connectivity index (χ4n) is 3.83. The third-order valence-electron chi connectivity index (χ3n) is 5.82. The summed E-state index contributed by atoms with van der Waals surface area (Å²) in [5, 5.41) is 2.84. The summed E-state index contributed by atoms with van der Waals surface area (Å²) in [6.07, 6.45) is 6.40. The lowest BCUT2D eigenvalue weighted by Crippen LogP contribution is -2.34. The average Bonchev–Trinajstić information content (AvgIpc) is 2.89. The first kappa shape index (κ1) is 33.3. The van der Waals surface area contributed by atoms with Gasteiger partial charge >= 0.3 is 13.8 Å². The van der Waals surface area contributed by atoms with Crippen molar-refractivity contribution >= 4 is 13.5 Å². The van der Waals surface area contributed by atoms with Gasteiger partial charge < -0.3 is 24.6 Å². The molecule has 2 rings (SSSR count). The third kappa shape index (κ3) is 15.6. The van der Waals surface area contributed by atoms with Crippen molar-refractivity contribution in [2.24, 2.45) is 0 Å². The summed E-state index contributed by atoms with van der Waals surface area (Å²) in [5.74, 6) is 1.13. The maximum absolute atomic E-state index is 12.5. The van der Waals surface area contributed by atoms with E-state index in [2.05, 4.69) is 17.2 Å². The number of unbranched alkanes of at least 4 members (excludes halogenated alkanes) is 6. The third-order valence-corrected chi connectivity index (χ3v) is 6.38. The molecule has 0 aliphatic carbocycles. The van der Waals surface area contributed by atoms with Gasteiger partial charge in [-0.15, -0.1) is 0 Å². The van der Waals surface area contributed by atoms with Crippen LogP contribution in [-0.4, -0.2) is 39.5 Å². The second-order valence-electron chi connectivity index (χ2n) is 9.50. The van der Waals surface area contributed by atoms with Crippen molar-refractivity contribution in [3.8, 4) is 11.5 Å². The van der Waals surface area contributed by atoms with Gasteiger partial charge in [0.15, 0.2) is 6.61 Å². The van der Waals surface area contributed by atoms with Gasteiger partial charge in [-0.1, -0.05) is 63.7 Å². The summed E-state index contributed by atoms with van der Waals surface area (Å²) in [5.41, 5.74) is 1.18. The van der Waals surface area contributed by atoms with E-state index in [0.29, 0.717) is 24.3 Å². The van der Waals surface area contributed by atoms with Gasteiger partial charge in [0.2, 0.25) is 5.91 Å². The molecule has 1 aromatic heterocycles. The number of pyridine rings is 1. The number of alkyl halides is 3. The average molecular weight is 587 g/mol. The van der Waals surface area contributed by atoms with Gasteiger partial charge in [0, 0.05) is 24.5 Å². The van der Waals surface area contributed by atoms with Crippen LogP contribution in [0.4, 0.5) is 13.2 Å². The number of amides is 1. The highest BCUT2D eigenvalue weighted by molar-refractivity contribution is 7.55. The standard InChI is InChI=1S/C28H38F3N2O6P/c1-2-3-4-5-6-7-8-9-27(34)33-23(15-17-40(35,36)37)18-22-10-12-25(13-11-22)38-20-24-19-26(14-16-32-24)39-21-28(29,30)31/h10-17,19,23H,2-9,18,20-21H2,1H3,(H,33,34)(H2,35,36,37)/t23-/m0/s1. The lowest BCUT2D eigenvalue weighted by molar-refractivity contribution is -0.153. The van der Waals surface area contributed by atoms with E-state index in [-0.39, 0.29) is 18.3 Å². The zero-order valence-corrected chi connectivity index (χ0v) is 23.5. The zero-order valence-electron chi connectivity index (χ0n) is 22.6. The molecule has 0 spiro atoms. The molecule has 2 aromatic rings. The molecule has 222 valence electrons. The van der Waals surface area contributed by atoms with Crippen LogP contribution in [0.25, 0.3) is 0 Å². The van der Waals surface area contributed by atoms with Gasteiger partial charge in [0.05, 0.1) is 11.7 Å². The number of carbonyl (C=O) groups is 1. The number of ether oxygens (including phenoxy) is 2. The Bertz CT molecular complexity index is 1110. The van der Waals surface area contributed by atoms with E-state index < -0.39 is 26.4 Å². The quantitative estimate of drug-likeness (QED) is 0.136. The molecular weight excluding hydrogens is 548 g/mol. The molecule has 0 bridgehead atoms. The summed E-state index contributed by atoms with van der Waals surface area (Å²) in [6, 6.07) is 8.97. The van der Waals surface area contributed by atoms with Crippen LogP contribution in [0, 0.1) is 0 Å². The minimum Gasteiger partial charge on any atom is -0.487 e. The second kappa shape index (κ2) is 17.0. The van der Waals surface area contributed by atoms with E-state index in [1.54, 1.807) is 24.3 Å². The van der Waals surface area contributed by atoms with Crippen LogP contribution in [-0.2, 0) is 22.4 Å². The molecule has 12 heteroatoms. The van der Waals surface area contributed by atoms with Gasteiger partial charge in [0.1, 0.15) is 18.1 Å². The maximum atomic E-state index is 12.5. The molecule has 0 radical (unpaired) electrons. The first-order chi connectivity index (χ1) is 18.9. The first-order valence-corrected chi connectivity index (χ1v) is 15.0. The fraction of sp³-hybridized carbons (Fsp3) is 0.500. The Hall–Kier alpha value is -2.88. The molecular formula is C28H38F3N2O6P. The van der Waals surface area contributed by atoms with Crippen LogP contribution >= 0.6 is 7.60 Å². The Kier molecular flexibility index (Phi) is 14.2. The Labute approximate surface area is 233 Å². The number of carbonyl (C=O) groups excluding carboxylic acids is 1. The monoisotopic (exact) mass is 586 g/mol. The van der Waals surface area contributed by atoms with Crippen LogP contribution in [0.15, 0.2) is 54.5 Å². The molecule has 40 heavy (non-hydrogen) atoms. The predicted molar refractivity (Wildman–Crippen MR) is 146 cm³/mol. The van der Waals surface area contributed by atoms with Gasteiger partial charge in [-0.3, -0.25) is 14.3 Å². The van der Waals surface area contributed by atoms with E-state index in [9.17, 15) is 32.3 Å². The summed E-state index contributed by atoms with van der Waals surface area (Å²) in [6.45, 7) is 0.766. The summed E-state index contributed by atoms with van der Waals surface area (Å²) < 4.78 is 58.8. The molecule has 8 nitrogen and oxygen atoms in total. The fourth-order valence-corrected chi connectivity index (χ4v) is 4.26. The van der Waals surface area contributed by atoms with Crippen molar-refractivity contribution in [1.82, 2.24) is 10.3 Å². The molecule has 0 saturated heterocycles. The van der Waals surface area contributed by atoms with Crippen LogP contribution in [0.1, 0.15) is 69.5 Å². The molecule has 0 saturated carbocycles. The van der Waals surface area contributed by atoms with Crippen molar-refractivity contribution < 1.29 is 41.8 Å². The van der Waals surface area contributed by atoms with Gasteiger partial charge in [0.25, 0.3) is 0 Å². The Morgan fingerprint density at radius 3 is 2.35 bits per heavy atom. The predicted octanol–water partition coefficient (Wildman–Crippen LogP) is 6.46. The topological polar surface area (TPSA) is 118 Å². The number of hydrogen-bond acceptors (Lipinski definition) is 5. The molecule has 0 aliphatic heterocycles. The lowest BCUT2D eigenvalue weighted by Gasteiger charge is -2.16. The van der Waals surface area contributed by atoms with Crippen molar-refractivity contribution in [1.29, 1.82) is 0 Å². The number of halogens is 3. The number of nitrogens with one attached hydrogen (secondary N) is 1. The highest BCUT2D eigenvalue weighted by Crippen LogP contribution is 2.36. The van der Waals surface area contributed by atoms with Crippen LogP contribution < -0.4 is 14.8 Å². The SMILES string of the molecule is CCCCCCCCCC(=O)N[C@@H](C=CP(=O)(O)O)Cc1ccc(OCc2cc(OCC(F)(F)F)ccn2)cc1. The second-order valence-corrected chi connectivity index (χ2v) is 11.0. The van der Waals surface area contributed by atoms with Crippen LogP contribution in [0.5, 0.6) is 11.5 Å².